The highest BCUT2D eigenvalue weighted by Gasteiger charge is 2.11. The van der Waals surface area contributed by atoms with E-state index in [9.17, 15) is 4.79 Å². The number of aliphatic imine (C=N–C) groups is 1. The third-order valence-corrected chi connectivity index (χ3v) is 2.63. The van der Waals surface area contributed by atoms with Gasteiger partial charge < -0.3 is 5.32 Å². The molecule has 1 aromatic rings. The van der Waals surface area contributed by atoms with Crippen molar-refractivity contribution in [3.63, 3.8) is 0 Å². The molecule has 0 saturated heterocycles. The molecule has 3 nitrogen and oxygen atoms in total. The van der Waals surface area contributed by atoms with Gasteiger partial charge in [0.2, 0.25) is 0 Å². The van der Waals surface area contributed by atoms with Gasteiger partial charge >= 0.3 is 0 Å². The maximum atomic E-state index is 12.0. The first kappa shape index (κ1) is 14.5. The van der Waals surface area contributed by atoms with Crippen LogP contribution in [0.15, 0.2) is 35.0 Å². The molecule has 4 heteroatoms. The van der Waals surface area contributed by atoms with E-state index in [4.69, 9.17) is 11.6 Å². The Hall–Kier alpha value is -1.61. The lowest BCUT2D eigenvalue weighted by Crippen LogP contribution is -2.15. The maximum Gasteiger partial charge on any atom is 0.273 e. The fraction of sp³-hybridized carbons (Fsp3) is 0.286. The number of halogens is 1. The van der Waals surface area contributed by atoms with Crippen LogP contribution in [0.25, 0.3) is 0 Å². The van der Waals surface area contributed by atoms with Gasteiger partial charge in [-0.3, -0.25) is 9.79 Å². The average molecular weight is 265 g/mol. The second-order valence-corrected chi connectivity index (χ2v) is 4.53. The van der Waals surface area contributed by atoms with E-state index in [0.29, 0.717) is 16.4 Å². The van der Waals surface area contributed by atoms with Crippen LogP contribution in [0, 0.1) is 6.92 Å². The quantitative estimate of drug-likeness (QED) is 0.651. The Morgan fingerprint density at radius 3 is 2.56 bits per heavy atom. The molecule has 0 heterocycles. The summed E-state index contributed by atoms with van der Waals surface area (Å²) in [5.41, 5.74) is 2.76. The third-order valence-electron chi connectivity index (χ3n) is 2.31. The van der Waals surface area contributed by atoms with E-state index >= 15 is 0 Å². The number of hydrogen-bond donors (Lipinski definition) is 1. The highest BCUT2D eigenvalue weighted by atomic mass is 35.5. The van der Waals surface area contributed by atoms with E-state index in [-0.39, 0.29) is 5.91 Å². The summed E-state index contributed by atoms with van der Waals surface area (Å²) in [5, 5.41) is 3.31. The summed E-state index contributed by atoms with van der Waals surface area (Å²) in [6.07, 6.45) is 1.68. The Morgan fingerprint density at radius 1 is 1.39 bits per heavy atom. The zero-order valence-electron chi connectivity index (χ0n) is 11.0. The second-order valence-electron chi connectivity index (χ2n) is 4.12. The van der Waals surface area contributed by atoms with E-state index in [1.165, 1.54) is 0 Å². The van der Waals surface area contributed by atoms with Gasteiger partial charge in [-0.2, -0.15) is 0 Å². The van der Waals surface area contributed by atoms with Crippen LogP contribution in [0.1, 0.15) is 26.3 Å². The highest BCUT2D eigenvalue weighted by Crippen LogP contribution is 2.25. The van der Waals surface area contributed by atoms with Crippen LogP contribution in [-0.2, 0) is 4.79 Å². The molecule has 0 aliphatic rings. The standard InChI is InChI=1S/C14H17ClN2O/c1-5-12(16-9(2)3)14(18)17-13-10(4)7-6-8-11(13)15/h5-8H,1-4H3,(H,17,18)/b12-5-. The first-order chi connectivity index (χ1) is 8.45. The van der Waals surface area contributed by atoms with Crippen molar-refractivity contribution in [2.75, 3.05) is 5.32 Å². The van der Waals surface area contributed by atoms with Crippen molar-refractivity contribution >= 4 is 28.9 Å². The minimum absolute atomic E-state index is 0.255. The number of nitrogens with one attached hydrogen (secondary N) is 1. The van der Waals surface area contributed by atoms with Gasteiger partial charge in [-0.15, -0.1) is 0 Å². The zero-order valence-corrected chi connectivity index (χ0v) is 11.8. The SMILES string of the molecule is C/C=C(\N=C(C)C)C(=O)Nc1c(C)cccc1Cl. The zero-order chi connectivity index (χ0) is 13.7. The smallest absolute Gasteiger partial charge is 0.273 e. The molecule has 0 aliphatic heterocycles. The Labute approximate surface area is 113 Å². The van der Waals surface area contributed by atoms with Crippen molar-refractivity contribution in [3.05, 3.63) is 40.6 Å². The third kappa shape index (κ3) is 3.70. The summed E-state index contributed by atoms with van der Waals surface area (Å²) in [5.74, 6) is -0.255. The molecule has 96 valence electrons. The van der Waals surface area contributed by atoms with Gasteiger partial charge in [0.15, 0.2) is 0 Å². The number of aryl methyl sites for hydroxylation is 1. The molecule has 0 aliphatic carbocycles. The fourth-order valence-electron chi connectivity index (χ4n) is 1.46. The Balaban J connectivity index is 2.98. The molecule has 0 spiro atoms. The molecule has 0 fully saturated rings. The molecule has 0 atom stereocenters. The van der Waals surface area contributed by atoms with E-state index in [1.807, 2.05) is 32.9 Å². The van der Waals surface area contributed by atoms with E-state index in [2.05, 4.69) is 10.3 Å². The number of nitrogens with zero attached hydrogens (tertiary/aromatic N) is 1. The molecule has 1 aromatic carbocycles. The van der Waals surface area contributed by atoms with Crippen molar-refractivity contribution in [2.45, 2.75) is 27.7 Å². The summed E-state index contributed by atoms with van der Waals surface area (Å²) < 4.78 is 0. The van der Waals surface area contributed by atoms with Crippen molar-refractivity contribution in [1.82, 2.24) is 0 Å². The molecular formula is C14H17ClN2O. The van der Waals surface area contributed by atoms with Crippen molar-refractivity contribution in [1.29, 1.82) is 0 Å². The van der Waals surface area contributed by atoms with Crippen LogP contribution in [-0.4, -0.2) is 11.6 Å². The van der Waals surface area contributed by atoms with Crippen molar-refractivity contribution in [2.24, 2.45) is 4.99 Å². The largest absolute Gasteiger partial charge is 0.319 e. The predicted molar refractivity (Wildman–Crippen MR) is 77.4 cm³/mol. The number of anilines is 1. The van der Waals surface area contributed by atoms with E-state index in [1.54, 1.807) is 19.1 Å². The van der Waals surface area contributed by atoms with Gasteiger partial charge in [0, 0.05) is 5.71 Å². The Morgan fingerprint density at radius 2 is 2.06 bits per heavy atom. The lowest BCUT2D eigenvalue weighted by Gasteiger charge is -2.10. The van der Waals surface area contributed by atoms with Crippen LogP contribution in [0.3, 0.4) is 0 Å². The summed E-state index contributed by atoms with van der Waals surface area (Å²) in [6.45, 7) is 7.36. The molecule has 18 heavy (non-hydrogen) atoms. The Bertz CT molecular complexity index is 494. The Kier molecular flexibility index (Phi) is 5.10. The first-order valence-corrected chi connectivity index (χ1v) is 6.08. The minimum Gasteiger partial charge on any atom is -0.319 e. The molecule has 0 radical (unpaired) electrons. The highest BCUT2D eigenvalue weighted by molar-refractivity contribution is 6.34. The molecule has 1 rings (SSSR count). The number of amides is 1. The van der Waals surface area contributed by atoms with Gasteiger partial charge in [0.1, 0.15) is 5.70 Å². The second kappa shape index (κ2) is 6.36. The molecule has 0 bridgehead atoms. The lowest BCUT2D eigenvalue weighted by molar-refractivity contribution is -0.112. The number of allylic oxidation sites excluding steroid dienone is 1. The lowest BCUT2D eigenvalue weighted by atomic mass is 10.2. The molecule has 1 amide bonds. The molecule has 0 aromatic heterocycles. The molecular weight excluding hydrogens is 248 g/mol. The van der Waals surface area contributed by atoms with Gasteiger partial charge in [-0.1, -0.05) is 29.8 Å². The van der Waals surface area contributed by atoms with Crippen LogP contribution in [0.2, 0.25) is 5.02 Å². The van der Waals surface area contributed by atoms with Crippen LogP contribution in [0.4, 0.5) is 5.69 Å². The maximum absolute atomic E-state index is 12.0. The molecule has 0 unspecified atom stereocenters. The van der Waals surface area contributed by atoms with E-state index < -0.39 is 0 Å². The summed E-state index contributed by atoms with van der Waals surface area (Å²) >= 11 is 6.06. The number of carbonyl (C=O) groups excluding carboxylic acids is 1. The van der Waals surface area contributed by atoms with Crippen molar-refractivity contribution < 1.29 is 4.79 Å². The van der Waals surface area contributed by atoms with Gasteiger partial charge in [-0.05, 0) is 39.3 Å². The average Bonchev–Trinajstić information content (AvgIpc) is 2.30. The first-order valence-electron chi connectivity index (χ1n) is 5.70. The topological polar surface area (TPSA) is 41.5 Å². The van der Waals surface area contributed by atoms with Crippen LogP contribution >= 0.6 is 11.6 Å². The minimum atomic E-state index is -0.255. The van der Waals surface area contributed by atoms with Gasteiger partial charge in [-0.25, -0.2) is 0 Å². The summed E-state index contributed by atoms with van der Waals surface area (Å²) in [6, 6.07) is 5.48. The number of rotatable bonds is 3. The number of para-hydroxylation sites is 1. The van der Waals surface area contributed by atoms with Crippen LogP contribution in [0.5, 0.6) is 0 Å². The number of carbonyl (C=O) groups is 1. The van der Waals surface area contributed by atoms with Gasteiger partial charge in [0.05, 0.1) is 10.7 Å². The molecule has 0 saturated carbocycles. The summed E-state index contributed by atoms with van der Waals surface area (Å²) in [7, 11) is 0. The van der Waals surface area contributed by atoms with E-state index in [0.717, 1.165) is 11.3 Å². The summed E-state index contributed by atoms with van der Waals surface area (Å²) in [4.78, 5) is 16.2. The van der Waals surface area contributed by atoms with Gasteiger partial charge in [0.25, 0.3) is 5.91 Å². The predicted octanol–water partition coefficient (Wildman–Crippen LogP) is 3.97. The molecule has 1 N–H and O–H groups in total. The van der Waals surface area contributed by atoms with Crippen LogP contribution < -0.4 is 5.32 Å². The van der Waals surface area contributed by atoms with Crippen molar-refractivity contribution in [3.8, 4) is 0 Å². The fourth-order valence-corrected chi connectivity index (χ4v) is 1.72. The number of benzene rings is 1. The normalized spacial score (nSPS) is 11.1. The monoisotopic (exact) mass is 264 g/mol. The number of hydrogen-bond acceptors (Lipinski definition) is 2.